The molecule has 0 aliphatic carbocycles. The molecule has 0 aliphatic heterocycles. The van der Waals surface area contributed by atoms with Gasteiger partial charge >= 0.3 is 0 Å². The number of thiophene rings is 1. The van der Waals surface area contributed by atoms with Crippen molar-refractivity contribution in [2.45, 2.75) is 32.5 Å². The lowest BCUT2D eigenvalue weighted by atomic mass is 9.96. The second-order valence-corrected chi connectivity index (χ2v) is 9.41. The van der Waals surface area contributed by atoms with Gasteiger partial charge in [0.25, 0.3) is 0 Å². The first-order valence-electron chi connectivity index (χ1n) is 8.85. The number of thioether (sulfide) groups is 1. The topological polar surface area (TPSA) is 110 Å². The second kappa shape index (κ2) is 8.75. The molecule has 0 fully saturated rings. The number of aromatic nitrogens is 4. The smallest absolute Gasteiger partial charge is 0.225 e. The van der Waals surface area contributed by atoms with Gasteiger partial charge in [-0.15, -0.1) is 16.4 Å². The van der Waals surface area contributed by atoms with Gasteiger partial charge in [0.1, 0.15) is 5.75 Å². The molecule has 2 heterocycles. The van der Waals surface area contributed by atoms with Crippen LogP contribution in [0, 0.1) is 5.41 Å². The van der Waals surface area contributed by atoms with Crippen molar-refractivity contribution < 1.29 is 14.7 Å². The van der Waals surface area contributed by atoms with E-state index in [-0.39, 0.29) is 23.2 Å². The molecule has 29 heavy (non-hydrogen) atoms. The number of hydrogen-bond acceptors (Lipinski definition) is 8. The number of phenolic OH excluding ortho intramolecular Hbond substituents is 1. The third-order valence-corrected chi connectivity index (χ3v) is 5.95. The Labute approximate surface area is 176 Å². The molecule has 3 aromatic rings. The van der Waals surface area contributed by atoms with Crippen molar-refractivity contribution in [3.8, 4) is 11.4 Å². The van der Waals surface area contributed by atoms with Gasteiger partial charge in [-0.2, -0.15) is 4.68 Å². The lowest BCUT2D eigenvalue weighted by molar-refractivity contribution is -0.128. The Kier molecular flexibility index (Phi) is 6.33. The van der Waals surface area contributed by atoms with Gasteiger partial charge in [-0.3, -0.25) is 9.59 Å². The fraction of sp³-hybridized carbons (Fsp3) is 0.316. The van der Waals surface area contributed by atoms with Crippen LogP contribution in [0.4, 0.5) is 0 Å². The summed E-state index contributed by atoms with van der Waals surface area (Å²) in [5.74, 6) is 0.273. The van der Waals surface area contributed by atoms with Crippen molar-refractivity contribution in [3.05, 3.63) is 46.2 Å². The van der Waals surface area contributed by atoms with E-state index in [0.717, 1.165) is 4.88 Å². The van der Waals surface area contributed by atoms with Crippen molar-refractivity contribution in [2.75, 3.05) is 5.75 Å². The quantitative estimate of drug-likeness (QED) is 0.437. The van der Waals surface area contributed by atoms with Gasteiger partial charge in [0.2, 0.25) is 11.1 Å². The summed E-state index contributed by atoms with van der Waals surface area (Å²) in [6.45, 7) is 5.97. The molecule has 1 amide bonds. The summed E-state index contributed by atoms with van der Waals surface area (Å²) >= 11 is 2.61. The highest BCUT2D eigenvalue weighted by atomic mass is 32.2. The van der Waals surface area contributed by atoms with E-state index in [1.54, 1.807) is 30.3 Å². The zero-order valence-corrected chi connectivity index (χ0v) is 17.9. The van der Waals surface area contributed by atoms with Crippen LogP contribution in [0.1, 0.15) is 35.3 Å². The Hall–Kier alpha value is -2.72. The van der Waals surface area contributed by atoms with Gasteiger partial charge in [-0.05, 0) is 46.8 Å². The van der Waals surface area contributed by atoms with E-state index >= 15 is 0 Å². The lowest BCUT2D eigenvalue weighted by Crippen LogP contribution is -2.34. The molecule has 0 bridgehead atoms. The molecule has 10 heteroatoms. The van der Waals surface area contributed by atoms with Crippen LogP contribution >= 0.6 is 23.1 Å². The molecule has 0 unspecified atom stereocenters. The van der Waals surface area contributed by atoms with Crippen LogP contribution in [-0.4, -0.2) is 42.8 Å². The third-order valence-electron chi connectivity index (χ3n) is 3.91. The maximum atomic E-state index is 12.5. The first-order valence-corrected chi connectivity index (χ1v) is 10.6. The van der Waals surface area contributed by atoms with E-state index in [1.165, 1.54) is 27.8 Å². The second-order valence-electron chi connectivity index (χ2n) is 7.30. The maximum absolute atomic E-state index is 12.5. The maximum Gasteiger partial charge on any atom is 0.225 e. The highest BCUT2D eigenvalue weighted by molar-refractivity contribution is 7.99. The van der Waals surface area contributed by atoms with Crippen LogP contribution in [0.5, 0.6) is 5.75 Å². The molecular weight excluding hydrogens is 410 g/mol. The van der Waals surface area contributed by atoms with Crippen molar-refractivity contribution in [2.24, 2.45) is 5.41 Å². The first-order chi connectivity index (χ1) is 13.7. The zero-order chi connectivity index (χ0) is 21.0. The normalized spacial score (nSPS) is 11.4. The number of carbonyl (C=O) groups is 2. The van der Waals surface area contributed by atoms with E-state index in [1.807, 2.05) is 26.8 Å². The standard InChI is InChI=1S/C19H21N5O3S2/c1-19(2,3)17(27)20-10-14-8-9-16(29-14)15(26)11-28-18-21-22-23-24(18)12-4-6-13(25)7-5-12/h4-9,25H,10-11H2,1-3H3,(H,20,27). The number of rotatable bonds is 7. The van der Waals surface area contributed by atoms with Gasteiger partial charge < -0.3 is 10.4 Å². The molecule has 0 saturated heterocycles. The highest BCUT2D eigenvalue weighted by Gasteiger charge is 2.21. The molecule has 0 aliphatic rings. The molecule has 152 valence electrons. The zero-order valence-electron chi connectivity index (χ0n) is 16.2. The fourth-order valence-electron chi connectivity index (χ4n) is 2.28. The number of tetrazole rings is 1. The summed E-state index contributed by atoms with van der Waals surface area (Å²) in [7, 11) is 0. The summed E-state index contributed by atoms with van der Waals surface area (Å²) in [5.41, 5.74) is 0.240. The van der Waals surface area contributed by atoms with Gasteiger partial charge in [-0.25, -0.2) is 0 Å². The van der Waals surface area contributed by atoms with Crippen LogP contribution in [-0.2, 0) is 11.3 Å². The number of benzene rings is 1. The van der Waals surface area contributed by atoms with E-state index in [2.05, 4.69) is 20.8 Å². The number of aromatic hydroxyl groups is 1. The molecule has 1 aromatic carbocycles. The van der Waals surface area contributed by atoms with Gasteiger partial charge in [0.15, 0.2) is 5.78 Å². The lowest BCUT2D eigenvalue weighted by Gasteiger charge is -2.17. The SMILES string of the molecule is CC(C)(C)C(=O)NCc1ccc(C(=O)CSc2nnnn2-c2ccc(O)cc2)s1. The van der Waals surface area contributed by atoms with Crippen LogP contribution in [0.3, 0.4) is 0 Å². The van der Waals surface area contributed by atoms with Crippen LogP contribution < -0.4 is 5.32 Å². The van der Waals surface area contributed by atoms with Crippen molar-refractivity contribution in [3.63, 3.8) is 0 Å². The molecular formula is C19H21N5O3S2. The average Bonchev–Trinajstić information content (AvgIpc) is 3.33. The van der Waals surface area contributed by atoms with Gasteiger partial charge in [-0.1, -0.05) is 32.5 Å². The van der Waals surface area contributed by atoms with Gasteiger partial charge in [0.05, 0.1) is 22.9 Å². The summed E-state index contributed by atoms with van der Waals surface area (Å²) < 4.78 is 1.51. The van der Waals surface area contributed by atoms with Crippen molar-refractivity contribution >= 4 is 34.8 Å². The van der Waals surface area contributed by atoms with Crippen LogP contribution in [0.15, 0.2) is 41.6 Å². The van der Waals surface area contributed by atoms with E-state index in [0.29, 0.717) is 22.3 Å². The Morgan fingerprint density at radius 2 is 1.90 bits per heavy atom. The molecule has 2 N–H and O–H groups in total. The van der Waals surface area contributed by atoms with E-state index < -0.39 is 5.41 Å². The number of nitrogens with zero attached hydrogens (tertiary/aromatic N) is 4. The van der Waals surface area contributed by atoms with Gasteiger partial charge in [0, 0.05) is 10.3 Å². The van der Waals surface area contributed by atoms with Crippen molar-refractivity contribution in [1.29, 1.82) is 0 Å². The summed E-state index contributed by atoms with van der Waals surface area (Å²) in [5, 5.41) is 24.3. The predicted molar refractivity (Wildman–Crippen MR) is 111 cm³/mol. The minimum Gasteiger partial charge on any atom is -0.508 e. The molecule has 0 saturated carbocycles. The Balaban J connectivity index is 1.58. The van der Waals surface area contributed by atoms with Crippen molar-refractivity contribution in [1.82, 2.24) is 25.5 Å². The molecule has 8 nitrogen and oxygen atoms in total. The number of ketones is 1. The molecule has 0 spiro atoms. The minimum atomic E-state index is -0.450. The number of hydrogen-bond donors (Lipinski definition) is 2. The van der Waals surface area contributed by atoms with Crippen LogP contribution in [0.2, 0.25) is 0 Å². The molecule has 2 aromatic heterocycles. The average molecular weight is 432 g/mol. The third kappa shape index (κ3) is 5.42. The number of phenols is 1. The number of nitrogens with one attached hydrogen (secondary N) is 1. The fourth-order valence-corrected chi connectivity index (χ4v) is 4.03. The Morgan fingerprint density at radius 3 is 2.59 bits per heavy atom. The largest absolute Gasteiger partial charge is 0.508 e. The summed E-state index contributed by atoms with van der Waals surface area (Å²) in [6.07, 6.45) is 0. The number of amides is 1. The summed E-state index contributed by atoms with van der Waals surface area (Å²) in [6, 6.07) is 10.1. The number of carbonyl (C=O) groups excluding carboxylic acids is 2. The summed E-state index contributed by atoms with van der Waals surface area (Å²) in [4.78, 5) is 26.0. The Morgan fingerprint density at radius 1 is 1.17 bits per heavy atom. The van der Waals surface area contributed by atoms with E-state index in [9.17, 15) is 14.7 Å². The highest BCUT2D eigenvalue weighted by Crippen LogP contribution is 2.23. The monoisotopic (exact) mass is 431 g/mol. The number of Topliss-reactive ketones (excluding diaryl/α,β-unsaturated/α-hetero) is 1. The predicted octanol–water partition coefficient (Wildman–Crippen LogP) is 3.07. The molecule has 3 rings (SSSR count). The Bertz CT molecular complexity index is 1010. The minimum absolute atomic E-state index is 0.0320. The molecule has 0 radical (unpaired) electrons. The first kappa shape index (κ1) is 21.0. The van der Waals surface area contributed by atoms with Crippen LogP contribution in [0.25, 0.3) is 5.69 Å². The molecule has 0 atom stereocenters. The van der Waals surface area contributed by atoms with E-state index in [4.69, 9.17) is 0 Å².